The number of aliphatic hydroxyl groups excluding tert-OH is 1. The fraction of sp³-hybridized carbons (Fsp3) is 0.400. The van der Waals surface area contributed by atoms with Crippen LogP contribution in [0.5, 0.6) is 0 Å². The Hall–Kier alpha value is -0.840. The standard InChI is InChI=1S/C15H18BrClN2O/c1-3-13-15(16)14(19(2)18-13)9-11(20)8-10-6-4-5-7-12(10)17/h4-7,11,20H,3,8-9H2,1-2H3. The first-order chi connectivity index (χ1) is 9.52. The minimum Gasteiger partial charge on any atom is -0.392 e. The zero-order valence-corrected chi connectivity index (χ0v) is 13.9. The van der Waals surface area contributed by atoms with Gasteiger partial charge in [-0.1, -0.05) is 36.7 Å². The van der Waals surface area contributed by atoms with E-state index in [1.54, 1.807) is 0 Å². The Morgan fingerprint density at radius 1 is 1.35 bits per heavy atom. The summed E-state index contributed by atoms with van der Waals surface area (Å²) in [6.07, 6.45) is 1.48. The average molecular weight is 358 g/mol. The molecule has 2 aromatic rings. The number of nitrogens with zero attached hydrogens (tertiary/aromatic N) is 2. The van der Waals surface area contributed by atoms with Crippen LogP contribution in [-0.2, 0) is 26.3 Å². The van der Waals surface area contributed by atoms with Crippen LogP contribution in [0, 0.1) is 0 Å². The van der Waals surface area contributed by atoms with Crippen molar-refractivity contribution in [1.29, 1.82) is 0 Å². The van der Waals surface area contributed by atoms with Gasteiger partial charge in [-0.2, -0.15) is 5.10 Å². The number of rotatable bonds is 5. The topological polar surface area (TPSA) is 38.0 Å². The molecule has 0 saturated carbocycles. The van der Waals surface area contributed by atoms with Gasteiger partial charge < -0.3 is 5.11 Å². The summed E-state index contributed by atoms with van der Waals surface area (Å²) in [5.41, 5.74) is 3.00. The third-order valence-corrected chi connectivity index (χ3v) is 4.63. The Morgan fingerprint density at radius 3 is 2.65 bits per heavy atom. The molecule has 0 aliphatic heterocycles. The minimum absolute atomic E-state index is 0.480. The van der Waals surface area contributed by atoms with Crippen LogP contribution in [-0.4, -0.2) is 21.0 Å². The maximum absolute atomic E-state index is 10.3. The molecule has 0 aliphatic carbocycles. The summed E-state index contributed by atoms with van der Waals surface area (Å²) in [4.78, 5) is 0. The highest BCUT2D eigenvalue weighted by atomic mass is 79.9. The van der Waals surface area contributed by atoms with Gasteiger partial charge in [0.1, 0.15) is 0 Å². The molecule has 5 heteroatoms. The Morgan fingerprint density at radius 2 is 2.05 bits per heavy atom. The molecule has 0 saturated heterocycles. The van der Waals surface area contributed by atoms with Crippen LogP contribution in [0.15, 0.2) is 28.7 Å². The molecule has 0 amide bonds. The summed E-state index contributed by atoms with van der Waals surface area (Å²) in [5, 5.41) is 15.4. The first-order valence-electron chi connectivity index (χ1n) is 6.64. The Balaban J connectivity index is 2.11. The van der Waals surface area contributed by atoms with E-state index in [1.807, 2.05) is 36.0 Å². The smallest absolute Gasteiger partial charge is 0.0766 e. The second-order valence-corrected chi connectivity index (χ2v) is 6.04. The molecule has 0 fully saturated rings. The summed E-state index contributed by atoms with van der Waals surface area (Å²) in [6.45, 7) is 2.07. The van der Waals surface area contributed by atoms with Crippen LogP contribution in [0.3, 0.4) is 0 Å². The van der Waals surface area contributed by atoms with Gasteiger partial charge in [0.15, 0.2) is 0 Å². The van der Waals surface area contributed by atoms with Crippen molar-refractivity contribution >= 4 is 27.5 Å². The molecule has 1 aromatic heterocycles. The Bertz CT molecular complexity index is 598. The number of hydrogen-bond acceptors (Lipinski definition) is 2. The van der Waals surface area contributed by atoms with E-state index in [0.29, 0.717) is 17.9 Å². The van der Waals surface area contributed by atoms with Crippen molar-refractivity contribution in [3.8, 4) is 0 Å². The zero-order valence-electron chi connectivity index (χ0n) is 11.6. The molecule has 0 aliphatic rings. The third kappa shape index (κ3) is 3.43. The molecule has 20 heavy (non-hydrogen) atoms. The largest absolute Gasteiger partial charge is 0.392 e. The number of aromatic nitrogens is 2. The van der Waals surface area contributed by atoms with E-state index >= 15 is 0 Å². The number of aryl methyl sites for hydroxylation is 2. The first-order valence-corrected chi connectivity index (χ1v) is 7.81. The van der Waals surface area contributed by atoms with Gasteiger partial charge in [0.2, 0.25) is 0 Å². The maximum atomic E-state index is 10.3. The maximum Gasteiger partial charge on any atom is 0.0766 e. The van der Waals surface area contributed by atoms with Crippen molar-refractivity contribution in [3.05, 3.63) is 50.7 Å². The summed E-state index contributed by atoms with van der Waals surface area (Å²) in [5.74, 6) is 0. The highest BCUT2D eigenvalue weighted by Gasteiger charge is 2.17. The van der Waals surface area contributed by atoms with Crippen molar-refractivity contribution in [3.63, 3.8) is 0 Å². The lowest BCUT2D eigenvalue weighted by atomic mass is 10.0. The molecule has 0 spiro atoms. The molecule has 1 heterocycles. The predicted molar refractivity (Wildman–Crippen MR) is 85.2 cm³/mol. The zero-order chi connectivity index (χ0) is 14.7. The first kappa shape index (κ1) is 15.5. The summed E-state index contributed by atoms with van der Waals surface area (Å²) in [6, 6.07) is 7.62. The molecule has 1 aromatic carbocycles. The van der Waals surface area contributed by atoms with Crippen molar-refractivity contribution in [2.24, 2.45) is 7.05 Å². The average Bonchev–Trinajstić information content (AvgIpc) is 2.69. The van der Waals surface area contributed by atoms with E-state index in [-0.39, 0.29) is 0 Å². The molecule has 108 valence electrons. The molecule has 0 bridgehead atoms. The van der Waals surface area contributed by atoms with Crippen LogP contribution in [0.25, 0.3) is 0 Å². The molecule has 1 atom stereocenters. The van der Waals surface area contributed by atoms with Gasteiger partial charge in [-0.15, -0.1) is 0 Å². The molecule has 1 unspecified atom stereocenters. The lowest BCUT2D eigenvalue weighted by molar-refractivity contribution is 0.172. The van der Waals surface area contributed by atoms with Crippen molar-refractivity contribution in [2.45, 2.75) is 32.3 Å². The number of halogens is 2. The fourth-order valence-corrected chi connectivity index (χ4v) is 3.25. The molecule has 2 rings (SSSR count). The van der Waals surface area contributed by atoms with Gasteiger partial charge in [0.25, 0.3) is 0 Å². The molecular weight excluding hydrogens is 340 g/mol. The molecular formula is C15H18BrClN2O. The normalized spacial score (nSPS) is 12.7. The quantitative estimate of drug-likeness (QED) is 0.889. The van der Waals surface area contributed by atoms with Gasteiger partial charge in [-0.05, 0) is 34.0 Å². The molecule has 1 N–H and O–H groups in total. The van der Waals surface area contributed by atoms with Gasteiger partial charge in [0.05, 0.1) is 22.0 Å². The Labute approximate surface area is 132 Å². The lowest BCUT2D eigenvalue weighted by Crippen LogP contribution is -2.16. The van der Waals surface area contributed by atoms with E-state index in [9.17, 15) is 5.11 Å². The SMILES string of the molecule is CCc1nn(C)c(CC(O)Cc2ccccc2Cl)c1Br. The van der Waals surface area contributed by atoms with E-state index in [4.69, 9.17) is 11.6 Å². The van der Waals surface area contributed by atoms with Gasteiger partial charge in [-0.25, -0.2) is 0 Å². The van der Waals surface area contributed by atoms with Crippen LogP contribution in [0.1, 0.15) is 23.9 Å². The van der Waals surface area contributed by atoms with Crippen LogP contribution in [0.4, 0.5) is 0 Å². The predicted octanol–water partition coefficient (Wildman–Crippen LogP) is 3.54. The summed E-state index contributed by atoms with van der Waals surface area (Å²) >= 11 is 9.69. The Kier molecular flexibility index (Phi) is 5.24. The van der Waals surface area contributed by atoms with Gasteiger partial charge >= 0.3 is 0 Å². The van der Waals surface area contributed by atoms with Gasteiger partial charge in [0, 0.05) is 24.9 Å². The second-order valence-electron chi connectivity index (χ2n) is 4.84. The van der Waals surface area contributed by atoms with Crippen LogP contribution < -0.4 is 0 Å². The van der Waals surface area contributed by atoms with E-state index in [1.165, 1.54) is 0 Å². The van der Waals surface area contributed by atoms with Crippen molar-refractivity contribution in [2.75, 3.05) is 0 Å². The van der Waals surface area contributed by atoms with E-state index in [0.717, 1.165) is 27.8 Å². The van der Waals surface area contributed by atoms with Crippen molar-refractivity contribution < 1.29 is 5.11 Å². The van der Waals surface area contributed by atoms with E-state index < -0.39 is 6.10 Å². The van der Waals surface area contributed by atoms with Crippen LogP contribution in [0.2, 0.25) is 5.02 Å². The van der Waals surface area contributed by atoms with Gasteiger partial charge in [-0.3, -0.25) is 4.68 Å². The molecule has 3 nitrogen and oxygen atoms in total. The van der Waals surface area contributed by atoms with Crippen LogP contribution >= 0.6 is 27.5 Å². The minimum atomic E-state index is -0.480. The second kappa shape index (κ2) is 6.74. The monoisotopic (exact) mass is 356 g/mol. The fourth-order valence-electron chi connectivity index (χ4n) is 2.25. The summed E-state index contributed by atoms with van der Waals surface area (Å²) in [7, 11) is 1.90. The molecule has 0 radical (unpaired) electrons. The number of aliphatic hydroxyl groups is 1. The van der Waals surface area contributed by atoms with Crippen molar-refractivity contribution in [1.82, 2.24) is 9.78 Å². The summed E-state index contributed by atoms with van der Waals surface area (Å²) < 4.78 is 2.83. The highest BCUT2D eigenvalue weighted by Crippen LogP contribution is 2.24. The van der Waals surface area contributed by atoms with E-state index in [2.05, 4.69) is 28.0 Å². The third-order valence-electron chi connectivity index (χ3n) is 3.35. The highest BCUT2D eigenvalue weighted by molar-refractivity contribution is 9.10. The lowest BCUT2D eigenvalue weighted by Gasteiger charge is -2.12. The number of benzene rings is 1. The number of hydrogen-bond donors (Lipinski definition) is 1.